The number of alkyl halides is 3. The zero-order chi connectivity index (χ0) is 31.3. The van der Waals surface area contributed by atoms with Crippen molar-refractivity contribution >= 4 is 63.8 Å². The molecule has 0 radical (unpaired) electrons. The number of aromatic nitrogens is 1. The van der Waals surface area contributed by atoms with Gasteiger partial charge in [-0.3, -0.25) is 19.2 Å². The van der Waals surface area contributed by atoms with Crippen molar-refractivity contribution in [1.82, 2.24) is 4.98 Å². The molecule has 3 unspecified atom stereocenters. The molecule has 3 heterocycles. The molecule has 3 atom stereocenters. The maximum Gasteiger partial charge on any atom is 0.418 e. The summed E-state index contributed by atoms with van der Waals surface area (Å²) >= 11 is 8.11. The van der Waals surface area contributed by atoms with E-state index in [0.717, 1.165) is 40.8 Å². The summed E-state index contributed by atoms with van der Waals surface area (Å²) in [7, 11) is 0. The molecule has 6 rings (SSSR count). The average Bonchev–Trinajstić information content (AvgIpc) is 3.47. The molecule has 2 N–H and O–H groups in total. The Labute approximate surface area is 261 Å². The molecule has 2 aliphatic heterocycles. The van der Waals surface area contributed by atoms with Crippen LogP contribution >= 0.6 is 34.7 Å². The lowest BCUT2D eigenvalue weighted by Gasteiger charge is -2.31. The summed E-state index contributed by atoms with van der Waals surface area (Å²) in [5.41, 5.74) is 0.0444. The van der Waals surface area contributed by atoms with Gasteiger partial charge in [0.15, 0.2) is 6.61 Å². The Balaban J connectivity index is 1.39. The predicted molar refractivity (Wildman–Crippen MR) is 161 cm³/mol. The number of anilines is 2. The molecule has 0 spiro atoms. The number of thiazole rings is 1. The number of nitrogens with zero attached hydrogens (tertiary/aromatic N) is 1. The third-order valence-electron chi connectivity index (χ3n) is 7.36. The molecule has 4 aromatic rings. The number of fused-ring (bicyclic) bond motifs is 2. The van der Waals surface area contributed by atoms with Gasteiger partial charge in [-0.1, -0.05) is 65.0 Å². The lowest BCUT2D eigenvalue weighted by Crippen LogP contribution is -2.33. The minimum atomic E-state index is -4.83. The minimum Gasteiger partial charge on any atom is -0.483 e. The molecular weight excluding hydrogens is 639 g/mol. The van der Waals surface area contributed by atoms with Crippen LogP contribution in [0.2, 0.25) is 5.02 Å². The molecule has 226 valence electrons. The summed E-state index contributed by atoms with van der Waals surface area (Å²) in [6, 6.07) is 16.1. The van der Waals surface area contributed by atoms with Gasteiger partial charge in [0.25, 0.3) is 5.91 Å². The first-order valence-corrected chi connectivity index (χ1v) is 15.2. The van der Waals surface area contributed by atoms with Gasteiger partial charge >= 0.3 is 11.0 Å². The number of benzene rings is 3. The van der Waals surface area contributed by atoms with E-state index < -0.39 is 63.7 Å². The topological polar surface area (TPSA) is 109 Å². The molecule has 1 aromatic heterocycles. The number of ether oxygens (including phenoxy) is 1. The summed E-state index contributed by atoms with van der Waals surface area (Å²) in [5.74, 6) is -4.20. The molecule has 3 aromatic carbocycles. The van der Waals surface area contributed by atoms with Crippen LogP contribution in [-0.2, 0) is 20.6 Å². The lowest BCUT2D eigenvalue weighted by atomic mass is 9.82. The van der Waals surface area contributed by atoms with Crippen molar-refractivity contribution in [1.29, 1.82) is 0 Å². The first kappa shape index (κ1) is 30.0. The van der Waals surface area contributed by atoms with E-state index in [0.29, 0.717) is 26.1 Å². The number of imide groups is 1. The molecule has 1 fully saturated rings. The van der Waals surface area contributed by atoms with Crippen LogP contribution in [0.4, 0.5) is 24.5 Å². The van der Waals surface area contributed by atoms with Crippen LogP contribution < -0.4 is 19.8 Å². The summed E-state index contributed by atoms with van der Waals surface area (Å²) in [5, 5.41) is 2.18. The number of nitrogens with one attached hydrogen (secondary N) is 2. The van der Waals surface area contributed by atoms with E-state index in [-0.39, 0.29) is 10.8 Å². The lowest BCUT2D eigenvalue weighted by molar-refractivity contribution is -0.137. The van der Waals surface area contributed by atoms with E-state index in [2.05, 4.69) is 10.3 Å². The van der Waals surface area contributed by atoms with Crippen molar-refractivity contribution in [2.45, 2.75) is 29.3 Å². The largest absolute Gasteiger partial charge is 0.483 e. The van der Waals surface area contributed by atoms with Crippen molar-refractivity contribution < 1.29 is 32.3 Å². The van der Waals surface area contributed by atoms with Gasteiger partial charge in [0.1, 0.15) is 11.0 Å². The van der Waals surface area contributed by atoms with Crippen LogP contribution in [-0.4, -0.2) is 34.6 Å². The summed E-state index contributed by atoms with van der Waals surface area (Å²) < 4.78 is 47.7. The van der Waals surface area contributed by atoms with Gasteiger partial charge in [-0.2, -0.15) is 13.2 Å². The van der Waals surface area contributed by atoms with E-state index in [1.807, 2.05) is 19.1 Å². The van der Waals surface area contributed by atoms with Gasteiger partial charge in [-0.15, -0.1) is 0 Å². The van der Waals surface area contributed by atoms with Crippen molar-refractivity contribution in [3.05, 3.63) is 103 Å². The highest BCUT2D eigenvalue weighted by molar-refractivity contribution is 8.00. The number of halogens is 4. The zero-order valence-electron chi connectivity index (χ0n) is 22.6. The number of carbonyl (C=O) groups is 3. The Morgan fingerprint density at radius 1 is 1.05 bits per heavy atom. The highest BCUT2D eigenvalue weighted by Crippen LogP contribution is 2.55. The van der Waals surface area contributed by atoms with Gasteiger partial charge in [0.05, 0.1) is 22.2 Å². The van der Waals surface area contributed by atoms with Crippen molar-refractivity contribution in [3.8, 4) is 5.75 Å². The van der Waals surface area contributed by atoms with Crippen molar-refractivity contribution in [2.24, 2.45) is 5.92 Å². The number of amides is 3. The molecule has 0 saturated carbocycles. The fourth-order valence-electron chi connectivity index (χ4n) is 5.43. The predicted octanol–water partition coefficient (Wildman–Crippen LogP) is 6.23. The maximum atomic E-state index is 14.0. The molecule has 14 heteroatoms. The highest BCUT2D eigenvalue weighted by Gasteiger charge is 2.57. The molecule has 1 saturated heterocycles. The van der Waals surface area contributed by atoms with Crippen LogP contribution in [0.1, 0.15) is 27.5 Å². The molecule has 8 nitrogen and oxygen atoms in total. The molecular formula is C30H21ClF3N3O5S2. The Morgan fingerprint density at radius 2 is 1.77 bits per heavy atom. The van der Waals surface area contributed by atoms with E-state index in [9.17, 15) is 32.3 Å². The number of aryl methyl sites for hydroxylation is 1. The van der Waals surface area contributed by atoms with Crippen LogP contribution in [0, 0.1) is 12.8 Å². The summed E-state index contributed by atoms with van der Waals surface area (Å²) in [6.45, 7) is 1.41. The monoisotopic (exact) mass is 659 g/mol. The Bertz CT molecular complexity index is 1870. The average molecular weight is 660 g/mol. The van der Waals surface area contributed by atoms with Crippen LogP contribution in [0.3, 0.4) is 0 Å². The fourth-order valence-corrected chi connectivity index (χ4v) is 8.12. The van der Waals surface area contributed by atoms with Crippen molar-refractivity contribution in [2.75, 3.05) is 16.8 Å². The third kappa shape index (κ3) is 5.39. The van der Waals surface area contributed by atoms with Gasteiger partial charge < -0.3 is 15.0 Å². The number of H-pyrrole nitrogens is 1. The summed E-state index contributed by atoms with van der Waals surface area (Å²) in [4.78, 5) is 56.2. The van der Waals surface area contributed by atoms with Gasteiger partial charge in [-0.25, -0.2) is 4.90 Å². The number of aromatic amines is 1. The van der Waals surface area contributed by atoms with Crippen LogP contribution in [0.25, 0.3) is 0 Å². The third-order valence-corrected chi connectivity index (χ3v) is 10.00. The number of thioether (sulfide) groups is 1. The van der Waals surface area contributed by atoms with Gasteiger partial charge in [0, 0.05) is 27.1 Å². The van der Waals surface area contributed by atoms with Crippen LogP contribution in [0.5, 0.6) is 5.75 Å². The molecule has 0 aliphatic carbocycles. The maximum absolute atomic E-state index is 14.0. The first-order chi connectivity index (χ1) is 20.9. The fraction of sp³-hybridized carbons (Fsp3) is 0.200. The van der Waals surface area contributed by atoms with E-state index >= 15 is 0 Å². The number of carbonyl (C=O) groups excluding carboxylic acids is 3. The van der Waals surface area contributed by atoms with Gasteiger partial charge in [0.2, 0.25) is 11.8 Å². The van der Waals surface area contributed by atoms with E-state index in [4.69, 9.17) is 16.3 Å². The van der Waals surface area contributed by atoms with E-state index in [1.54, 1.807) is 12.1 Å². The van der Waals surface area contributed by atoms with Crippen LogP contribution in [0.15, 0.2) is 76.6 Å². The SMILES string of the molecule is Cc1ccccc1NC(=O)COc1ccc(Cl)cc1C1c2sc(=O)[nH]c2SC2C(=O)N(c3ccccc3C(F)(F)F)C(=O)C21. The second kappa shape index (κ2) is 11.5. The smallest absolute Gasteiger partial charge is 0.418 e. The quantitative estimate of drug-likeness (QED) is 0.238. The number of hydrogen-bond acceptors (Lipinski definition) is 7. The van der Waals surface area contributed by atoms with E-state index in [1.165, 1.54) is 30.3 Å². The first-order valence-electron chi connectivity index (χ1n) is 13.2. The number of hydrogen-bond donors (Lipinski definition) is 2. The second-order valence-electron chi connectivity index (χ2n) is 10.1. The summed E-state index contributed by atoms with van der Waals surface area (Å²) in [6.07, 6.45) is -4.83. The zero-order valence-corrected chi connectivity index (χ0v) is 25.0. The highest BCUT2D eigenvalue weighted by atomic mass is 35.5. The second-order valence-corrected chi connectivity index (χ2v) is 12.7. The Morgan fingerprint density at radius 3 is 2.52 bits per heavy atom. The Hall–Kier alpha value is -4.07. The van der Waals surface area contributed by atoms with Gasteiger partial charge in [-0.05, 0) is 48.9 Å². The normalized spacial score (nSPS) is 19.5. The minimum absolute atomic E-state index is 0.158. The molecule has 2 aliphatic rings. The number of para-hydroxylation sites is 2. The molecule has 0 bridgehead atoms. The Kier molecular flexibility index (Phi) is 7.80. The standard InChI is InChI=1S/C30H21ClF3N3O5S2/c1-14-6-2-4-8-18(14)35-21(38)13-42-20-11-10-15(31)12-16(20)22-23-25(43-26-24(22)44-29(41)36-26)28(40)37(27(23)39)19-9-5-3-7-17(19)30(32,33)34/h2-12,22-23,25H,13H2,1H3,(H,35,38)(H,36,41). The molecule has 44 heavy (non-hydrogen) atoms. The van der Waals surface area contributed by atoms with Crippen molar-refractivity contribution in [3.63, 3.8) is 0 Å². The molecule has 3 amide bonds. The number of rotatable bonds is 6.